The lowest BCUT2D eigenvalue weighted by atomic mass is 9.58. The van der Waals surface area contributed by atoms with E-state index in [4.69, 9.17) is 0 Å². The molecule has 1 heterocycles. The molecule has 22 heavy (non-hydrogen) atoms. The third kappa shape index (κ3) is 5.66. The second-order valence-electron chi connectivity index (χ2n) is 8.69. The molecule has 0 saturated carbocycles. The fourth-order valence-corrected chi connectivity index (χ4v) is 4.90. The summed E-state index contributed by atoms with van der Waals surface area (Å²) >= 11 is 0. The molecule has 0 amide bonds. The van der Waals surface area contributed by atoms with Crippen LogP contribution >= 0.6 is 0 Å². The van der Waals surface area contributed by atoms with E-state index < -0.39 is 0 Å². The van der Waals surface area contributed by atoms with Crippen LogP contribution in [0, 0.1) is 0 Å². The van der Waals surface area contributed by atoms with Crippen LogP contribution in [0.15, 0.2) is 0 Å². The minimum absolute atomic E-state index is 0.393. The third-order valence-corrected chi connectivity index (χ3v) is 5.99. The molecule has 0 bridgehead atoms. The zero-order valence-corrected chi connectivity index (χ0v) is 16.5. The lowest BCUT2D eigenvalue weighted by Gasteiger charge is -2.50. The van der Waals surface area contributed by atoms with E-state index in [1.165, 1.54) is 77.0 Å². The van der Waals surface area contributed by atoms with Crippen LogP contribution in [-0.2, 0) is 0 Å². The van der Waals surface area contributed by atoms with Gasteiger partial charge in [0.2, 0.25) is 0 Å². The highest BCUT2D eigenvalue weighted by Gasteiger charge is 2.45. The second-order valence-corrected chi connectivity index (χ2v) is 8.69. The molecule has 1 aliphatic rings. The van der Waals surface area contributed by atoms with E-state index in [2.05, 4.69) is 49.2 Å². The predicted octanol–water partition coefficient (Wildman–Crippen LogP) is 2.66. The summed E-state index contributed by atoms with van der Waals surface area (Å²) in [5.41, 5.74) is 0.418. The van der Waals surface area contributed by atoms with Crippen LogP contribution in [0.2, 0.25) is 0 Å². The Kier molecular flexibility index (Phi) is 8.68. The zero-order chi connectivity index (χ0) is 16.6. The number of unbranched alkanes of at least 4 members (excludes halogenated alkanes) is 6. The molecule has 0 aromatic rings. The van der Waals surface area contributed by atoms with Crippen molar-refractivity contribution < 1.29 is 0 Å². The first kappa shape index (κ1) is 20.2. The van der Waals surface area contributed by atoms with Crippen molar-refractivity contribution in [2.45, 2.75) is 115 Å². The van der Waals surface area contributed by atoms with Gasteiger partial charge in [-0.2, -0.15) is 0 Å². The number of rotatable bonds is 11. The molecule has 1 atom stereocenters. The molecule has 0 spiro atoms. The Bertz CT molecular complexity index is 295. The maximum absolute atomic E-state index is 2.91. The standard InChI is InChI=1S/C18H40B3N/c1-4-6-8-10-13-17(3,14-11-9-7-5-2)22-16(19)12-15-18(22,20)21/h16H,4-15,19-21H2,1-3H3. The van der Waals surface area contributed by atoms with E-state index in [9.17, 15) is 0 Å². The van der Waals surface area contributed by atoms with Crippen molar-refractivity contribution in [3.8, 4) is 0 Å². The average molecular weight is 303 g/mol. The van der Waals surface area contributed by atoms with E-state index in [1.54, 1.807) is 0 Å². The summed E-state index contributed by atoms with van der Waals surface area (Å²) in [6.07, 6.45) is 16.7. The Balaban J connectivity index is 2.70. The van der Waals surface area contributed by atoms with Gasteiger partial charge in [0, 0.05) is 5.54 Å². The van der Waals surface area contributed by atoms with Crippen LogP contribution in [0.4, 0.5) is 0 Å². The summed E-state index contributed by atoms with van der Waals surface area (Å²) in [7, 11) is 7.42. The molecule has 1 aliphatic heterocycles. The zero-order valence-electron chi connectivity index (χ0n) is 16.5. The van der Waals surface area contributed by atoms with Gasteiger partial charge in [0.1, 0.15) is 23.5 Å². The SMILES string of the molecule is BC1CCC(B)(B)N1C(C)(CCCCCC)CCCCCC. The van der Waals surface area contributed by atoms with Crippen LogP contribution in [0.3, 0.4) is 0 Å². The molecule has 1 rings (SSSR count). The smallest absolute Gasteiger partial charge is 0.123 e. The van der Waals surface area contributed by atoms with E-state index in [1.807, 2.05) is 0 Å². The van der Waals surface area contributed by atoms with Gasteiger partial charge in [0.15, 0.2) is 0 Å². The predicted molar refractivity (Wildman–Crippen MR) is 109 cm³/mol. The average Bonchev–Trinajstić information content (AvgIpc) is 2.74. The van der Waals surface area contributed by atoms with Crippen molar-refractivity contribution >= 4 is 23.5 Å². The van der Waals surface area contributed by atoms with E-state index in [0.29, 0.717) is 10.9 Å². The van der Waals surface area contributed by atoms with Gasteiger partial charge in [0.05, 0.1) is 0 Å². The normalized spacial score (nSPS) is 22.2. The van der Waals surface area contributed by atoms with Gasteiger partial charge in [-0.25, -0.2) is 0 Å². The van der Waals surface area contributed by atoms with Crippen molar-refractivity contribution in [3.05, 3.63) is 0 Å². The summed E-state index contributed by atoms with van der Waals surface area (Å²) in [5.74, 6) is 0.761. The molecule has 0 N–H and O–H groups in total. The van der Waals surface area contributed by atoms with Crippen LogP contribution in [0.5, 0.6) is 0 Å². The van der Waals surface area contributed by atoms with Gasteiger partial charge in [-0.15, -0.1) is 0 Å². The maximum atomic E-state index is 2.91. The second kappa shape index (κ2) is 9.45. The molecule has 126 valence electrons. The number of hydrogen-bond acceptors (Lipinski definition) is 1. The molecule has 1 fully saturated rings. The Labute approximate surface area is 143 Å². The van der Waals surface area contributed by atoms with Crippen molar-refractivity contribution in [1.82, 2.24) is 4.90 Å². The van der Waals surface area contributed by atoms with E-state index in [0.717, 1.165) is 5.94 Å². The quantitative estimate of drug-likeness (QED) is 0.419. The summed E-state index contributed by atoms with van der Waals surface area (Å²) < 4.78 is 0. The Morgan fingerprint density at radius 3 is 1.82 bits per heavy atom. The van der Waals surface area contributed by atoms with Crippen molar-refractivity contribution in [1.29, 1.82) is 0 Å². The molecule has 1 unspecified atom stereocenters. The molecule has 0 aromatic carbocycles. The molecule has 4 heteroatoms. The molecule has 1 nitrogen and oxygen atoms in total. The number of likely N-dealkylation sites (tertiary alicyclic amines) is 1. The lowest BCUT2D eigenvalue weighted by Crippen LogP contribution is -2.60. The van der Waals surface area contributed by atoms with Gasteiger partial charge in [-0.1, -0.05) is 65.2 Å². The van der Waals surface area contributed by atoms with Crippen molar-refractivity contribution in [2.24, 2.45) is 0 Å². The first-order valence-electron chi connectivity index (χ1n) is 10.2. The molecular formula is C18H40B3N. The minimum Gasteiger partial charge on any atom is -0.313 e. The van der Waals surface area contributed by atoms with Crippen molar-refractivity contribution in [2.75, 3.05) is 0 Å². The minimum atomic E-state index is 0.393. The topological polar surface area (TPSA) is 3.24 Å². The van der Waals surface area contributed by atoms with Gasteiger partial charge in [-0.05, 0) is 43.9 Å². The Morgan fingerprint density at radius 2 is 1.45 bits per heavy atom. The van der Waals surface area contributed by atoms with Crippen LogP contribution in [-0.4, -0.2) is 45.3 Å². The van der Waals surface area contributed by atoms with Crippen molar-refractivity contribution in [3.63, 3.8) is 0 Å². The summed E-state index contributed by atoms with van der Waals surface area (Å²) in [6, 6.07) is 0. The van der Waals surface area contributed by atoms with Gasteiger partial charge < -0.3 is 4.90 Å². The highest BCUT2D eigenvalue weighted by Crippen LogP contribution is 2.40. The summed E-state index contributed by atoms with van der Waals surface area (Å²) in [4.78, 5) is 2.91. The molecule has 0 aromatic heterocycles. The largest absolute Gasteiger partial charge is 0.313 e. The fourth-order valence-electron chi connectivity index (χ4n) is 4.90. The molecule has 1 saturated heterocycles. The van der Waals surface area contributed by atoms with Gasteiger partial charge in [0.25, 0.3) is 0 Å². The maximum Gasteiger partial charge on any atom is 0.123 e. The fraction of sp³-hybridized carbons (Fsp3) is 1.00. The lowest BCUT2D eigenvalue weighted by molar-refractivity contribution is 0.0664. The highest BCUT2D eigenvalue weighted by molar-refractivity contribution is 6.40. The first-order chi connectivity index (χ1) is 10.4. The number of nitrogens with zero attached hydrogens (tertiary/aromatic N) is 1. The third-order valence-electron chi connectivity index (χ3n) is 5.99. The van der Waals surface area contributed by atoms with Crippen LogP contribution in [0.1, 0.15) is 97.8 Å². The summed E-state index contributed by atoms with van der Waals surface area (Å²) in [6.45, 7) is 7.21. The Hall–Kier alpha value is 0.155. The highest BCUT2D eigenvalue weighted by atomic mass is 15.3. The van der Waals surface area contributed by atoms with Gasteiger partial charge in [-0.3, -0.25) is 0 Å². The van der Waals surface area contributed by atoms with Gasteiger partial charge >= 0.3 is 0 Å². The molecule has 0 radical (unpaired) electrons. The van der Waals surface area contributed by atoms with Crippen LogP contribution in [0.25, 0.3) is 0 Å². The molecule has 0 aliphatic carbocycles. The first-order valence-corrected chi connectivity index (χ1v) is 10.2. The number of hydrogen-bond donors (Lipinski definition) is 0. The van der Waals surface area contributed by atoms with E-state index in [-0.39, 0.29) is 0 Å². The monoisotopic (exact) mass is 303 g/mol. The van der Waals surface area contributed by atoms with Crippen LogP contribution < -0.4 is 0 Å². The molecular weight excluding hydrogens is 263 g/mol. The Morgan fingerprint density at radius 1 is 0.955 bits per heavy atom. The van der Waals surface area contributed by atoms with E-state index >= 15 is 0 Å². The summed E-state index contributed by atoms with van der Waals surface area (Å²) in [5, 5.41) is 0.393.